The minimum atomic E-state index is -0.123. The zero-order valence-electron chi connectivity index (χ0n) is 17.3. The zero-order chi connectivity index (χ0) is 21.4. The molecule has 8 heteroatoms. The third-order valence-electron chi connectivity index (χ3n) is 5.25. The summed E-state index contributed by atoms with van der Waals surface area (Å²) in [6, 6.07) is 13.8. The molecule has 1 aliphatic heterocycles. The summed E-state index contributed by atoms with van der Waals surface area (Å²) in [7, 11) is 0. The summed E-state index contributed by atoms with van der Waals surface area (Å²) in [5.74, 6) is 1.90. The van der Waals surface area contributed by atoms with Crippen molar-refractivity contribution in [3.8, 4) is 16.6 Å². The monoisotopic (exact) mass is 434 g/mol. The number of rotatable bonds is 6. The van der Waals surface area contributed by atoms with Crippen molar-refractivity contribution in [2.24, 2.45) is 0 Å². The second kappa shape index (κ2) is 8.03. The Morgan fingerprint density at radius 1 is 1.13 bits per heavy atom. The van der Waals surface area contributed by atoms with Crippen molar-refractivity contribution >= 4 is 33.3 Å². The number of nitrogens with zero attached hydrogens (tertiary/aromatic N) is 3. The molecule has 0 fully saturated rings. The van der Waals surface area contributed by atoms with E-state index < -0.39 is 0 Å². The van der Waals surface area contributed by atoms with Crippen molar-refractivity contribution in [2.75, 3.05) is 18.5 Å². The molecule has 2 aromatic heterocycles. The Bertz CT molecular complexity index is 1230. The van der Waals surface area contributed by atoms with E-state index >= 15 is 0 Å². The van der Waals surface area contributed by atoms with Crippen molar-refractivity contribution in [1.82, 2.24) is 14.8 Å². The fourth-order valence-electron chi connectivity index (χ4n) is 3.90. The van der Waals surface area contributed by atoms with E-state index in [1.54, 1.807) is 16.0 Å². The van der Waals surface area contributed by atoms with Crippen molar-refractivity contribution in [1.29, 1.82) is 0 Å². The summed E-state index contributed by atoms with van der Waals surface area (Å²) in [4.78, 5) is 17.3. The van der Waals surface area contributed by atoms with Gasteiger partial charge >= 0.3 is 0 Å². The lowest BCUT2D eigenvalue weighted by Gasteiger charge is -2.24. The smallest absolute Gasteiger partial charge is 0.226 e. The number of aromatic nitrogens is 3. The summed E-state index contributed by atoms with van der Waals surface area (Å²) in [6.45, 7) is 4.98. The fraction of sp³-hybridized carbons (Fsp3) is 0.261. The molecule has 1 aliphatic rings. The highest BCUT2D eigenvalue weighted by atomic mass is 32.1. The molecule has 0 saturated carbocycles. The number of amides is 1. The summed E-state index contributed by atoms with van der Waals surface area (Å²) >= 11 is 1.54. The third kappa shape index (κ3) is 3.53. The van der Waals surface area contributed by atoms with Gasteiger partial charge in [-0.25, -0.2) is 4.98 Å². The van der Waals surface area contributed by atoms with E-state index in [2.05, 4.69) is 15.4 Å². The highest BCUT2D eigenvalue weighted by molar-refractivity contribution is 7.20. The third-order valence-corrected chi connectivity index (χ3v) is 6.27. The van der Waals surface area contributed by atoms with Crippen molar-refractivity contribution in [3.63, 3.8) is 0 Å². The summed E-state index contributed by atoms with van der Waals surface area (Å²) < 4.78 is 14.3. The summed E-state index contributed by atoms with van der Waals surface area (Å²) in [6.07, 6.45) is 2.17. The quantitative estimate of drug-likeness (QED) is 0.474. The van der Waals surface area contributed by atoms with Crippen LogP contribution in [0.25, 0.3) is 15.3 Å². The molecule has 1 atom stereocenters. The van der Waals surface area contributed by atoms with E-state index in [4.69, 9.17) is 9.47 Å². The van der Waals surface area contributed by atoms with Gasteiger partial charge in [-0.2, -0.15) is 9.78 Å². The van der Waals surface area contributed by atoms with Crippen LogP contribution in [0.15, 0.2) is 48.7 Å². The Balaban J connectivity index is 1.56. The minimum absolute atomic E-state index is 0.0489. The van der Waals surface area contributed by atoms with Crippen molar-refractivity contribution in [2.45, 2.75) is 26.2 Å². The number of ether oxygens (including phenoxy) is 2. The molecular formula is C23H22N4O3S. The maximum absolute atomic E-state index is 12.6. The molecule has 4 aromatic rings. The molecule has 5 rings (SSSR count). The zero-order valence-corrected chi connectivity index (χ0v) is 18.1. The first-order valence-corrected chi connectivity index (χ1v) is 11.1. The average Bonchev–Trinajstić information content (AvgIpc) is 3.38. The molecule has 158 valence electrons. The highest BCUT2D eigenvalue weighted by Gasteiger charge is 2.31. The van der Waals surface area contributed by atoms with Crippen LogP contribution in [0.4, 0.5) is 5.82 Å². The number of benzene rings is 2. The molecule has 0 saturated heterocycles. The topological polar surface area (TPSA) is 78.3 Å². The SMILES string of the molecule is CCOc1ccc([C@@H]2CC(=O)Nc3c2cnn3-c2nc3ccccc3s2)cc1OCC. The minimum Gasteiger partial charge on any atom is -0.490 e. The largest absolute Gasteiger partial charge is 0.490 e. The molecule has 1 amide bonds. The number of carbonyl (C=O) groups is 1. The molecule has 2 aromatic carbocycles. The van der Waals surface area contributed by atoms with Gasteiger partial charge < -0.3 is 14.8 Å². The predicted molar refractivity (Wildman–Crippen MR) is 121 cm³/mol. The van der Waals surface area contributed by atoms with Gasteiger partial charge in [0.1, 0.15) is 5.82 Å². The number of para-hydroxylation sites is 1. The molecular weight excluding hydrogens is 412 g/mol. The van der Waals surface area contributed by atoms with Crippen LogP contribution in [0.1, 0.15) is 37.3 Å². The lowest BCUT2D eigenvalue weighted by atomic mass is 9.87. The molecule has 0 radical (unpaired) electrons. The molecule has 0 aliphatic carbocycles. The van der Waals surface area contributed by atoms with Crippen LogP contribution in [0.3, 0.4) is 0 Å². The van der Waals surface area contributed by atoms with E-state index in [1.807, 2.05) is 62.5 Å². The van der Waals surface area contributed by atoms with Crippen LogP contribution >= 0.6 is 11.3 Å². The normalized spacial score (nSPS) is 15.5. The maximum atomic E-state index is 12.6. The first kappa shape index (κ1) is 19.6. The van der Waals surface area contributed by atoms with Gasteiger partial charge in [0.15, 0.2) is 11.5 Å². The lowest BCUT2D eigenvalue weighted by molar-refractivity contribution is -0.116. The summed E-state index contributed by atoms with van der Waals surface area (Å²) in [5, 5.41) is 8.29. The van der Waals surface area contributed by atoms with E-state index in [-0.39, 0.29) is 11.8 Å². The fourth-order valence-corrected chi connectivity index (χ4v) is 4.83. The van der Waals surface area contributed by atoms with E-state index in [0.717, 1.165) is 26.5 Å². The highest BCUT2D eigenvalue weighted by Crippen LogP contribution is 2.41. The lowest BCUT2D eigenvalue weighted by Crippen LogP contribution is -2.24. The Kier molecular flexibility index (Phi) is 5.07. The van der Waals surface area contributed by atoms with Crippen molar-refractivity contribution < 1.29 is 14.3 Å². The molecule has 3 heterocycles. The van der Waals surface area contributed by atoms with Crippen LogP contribution in [0, 0.1) is 0 Å². The van der Waals surface area contributed by atoms with Crippen LogP contribution in [-0.4, -0.2) is 33.9 Å². The van der Waals surface area contributed by atoms with E-state index in [9.17, 15) is 4.79 Å². The van der Waals surface area contributed by atoms with Gasteiger partial charge in [-0.3, -0.25) is 4.79 Å². The van der Waals surface area contributed by atoms with E-state index in [1.165, 1.54) is 0 Å². The van der Waals surface area contributed by atoms with Gasteiger partial charge in [-0.15, -0.1) is 0 Å². The number of hydrogen-bond donors (Lipinski definition) is 1. The van der Waals surface area contributed by atoms with Gasteiger partial charge in [0.05, 0.1) is 29.6 Å². The Labute approximate surface area is 183 Å². The number of fused-ring (bicyclic) bond motifs is 2. The molecule has 0 unspecified atom stereocenters. The molecule has 0 spiro atoms. The van der Waals surface area contributed by atoms with Gasteiger partial charge in [0.25, 0.3) is 0 Å². The summed E-state index contributed by atoms with van der Waals surface area (Å²) in [5.41, 5.74) is 2.87. The number of hydrogen-bond acceptors (Lipinski definition) is 6. The molecule has 0 bridgehead atoms. The van der Waals surface area contributed by atoms with Crippen LogP contribution in [0.5, 0.6) is 11.5 Å². The van der Waals surface area contributed by atoms with Crippen molar-refractivity contribution in [3.05, 3.63) is 59.8 Å². The molecule has 7 nitrogen and oxygen atoms in total. The number of thiazole rings is 1. The Morgan fingerprint density at radius 3 is 2.74 bits per heavy atom. The average molecular weight is 435 g/mol. The Morgan fingerprint density at radius 2 is 1.94 bits per heavy atom. The van der Waals surface area contributed by atoms with Gasteiger partial charge in [-0.1, -0.05) is 29.5 Å². The first-order valence-electron chi connectivity index (χ1n) is 10.3. The number of carbonyl (C=O) groups excluding carboxylic acids is 1. The standard InChI is InChI=1S/C23H22N4O3S/c1-3-29-18-10-9-14(11-19(18)30-4-2)15-12-21(28)26-22-16(15)13-24-27(22)23-25-17-7-5-6-8-20(17)31-23/h5-11,13,15H,3-4,12H2,1-2H3,(H,26,28)/t15-/m0/s1. The van der Waals surface area contributed by atoms with Gasteiger partial charge in [-0.05, 0) is 43.7 Å². The maximum Gasteiger partial charge on any atom is 0.226 e. The van der Waals surface area contributed by atoms with E-state index in [0.29, 0.717) is 37.0 Å². The second-order valence-electron chi connectivity index (χ2n) is 7.20. The van der Waals surface area contributed by atoms with Crippen LogP contribution < -0.4 is 14.8 Å². The van der Waals surface area contributed by atoms with Crippen LogP contribution in [-0.2, 0) is 4.79 Å². The molecule has 1 N–H and O–H groups in total. The van der Waals surface area contributed by atoms with Gasteiger partial charge in [0.2, 0.25) is 11.0 Å². The van der Waals surface area contributed by atoms with Gasteiger partial charge in [0, 0.05) is 17.9 Å². The second-order valence-corrected chi connectivity index (χ2v) is 8.21. The number of anilines is 1. The van der Waals surface area contributed by atoms with Crippen LogP contribution in [0.2, 0.25) is 0 Å². The first-order chi connectivity index (χ1) is 15.2. The predicted octanol–water partition coefficient (Wildman–Crippen LogP) is 4.75. The Hall–Kier alpha value is -3.39. The number of nitrogens with one attached hydrogen (secondary N) is 1. The molecule has 31 heavy (non-hydrogen) atoms.